The third kappa shape index (κ3) is 4.75. The Kier molecular flexibility index (Phi) is 5.99. The molecular formula is C19H24ClN3OS. The molecule has 1 saturated heterocycles. The summed E-state index contributed by atoms with van der Waals surface area (Å²) in [6.45, 7) is 9.23. The Labute approximate surface area is 158 Å². The molecule has 134 valence electrons. The smallest absolute Gasteiger partial charge is 0.251 e. The standard InChI is InChI=1S/C19H24ClN3OS/c1-14(2)22-9-11-23(12-10-22)16-5-3-15(4-6-16)19(24)21-13-17-7-8-18(20)25-17/h3-8,14H,9-13H2,1-2H3,(H,21,24). The molecule has 0 atom stereocenters. The Hall–Kier alpha value is -1.56. The number of halogens is 1. The van der Waals surface area contributed by atoms with Crippen LogP contribution in [0.3, 0.4) is 0 Å². The topological polar surface area (TPSA) is 35.6 Å². The van der Waals surface area contributed by atoms with Crippen molar-refractivity contribution in [3.63, 3.8) is 0 Å². The van der Waals surface area contributed by atoms with Gasteiger partial charge in [-0.15, -0.1) is 11.3 Å². The number of carbonyl (C=O) groups excluding carboxylic acids is 1. The highest BCUT2D eigenvalue weighted by atomic mass is 35.5. The first-order chi connectivity index (χ1) is 12.0. The molecule has 1 aliphatic rings. The average molecular weight is 378 g/mol. The van der Waals surface area contributed by atoms with E-state index >= 15 is 0 Å². The molecule has 1 aromatic carbocycles. The normalized spacial score (nSPS) is 15.6. The van der Waals surface area contributed by atoms with Gasteiger partial charge in [0.25, 0.3) is 5.91 Å². The van der Waals surface area contributed by atoms with Gasteiger partial charge in [-0.25, -0.2) is 0 Å². The van der Waals surface area contributed by atoms with E-state index in [-0.39, 0.29) is 5.91 Å². The van der Waals surface area contributed by atoms with Crippen LogP contribution in [0.1, 0.15) is 29.1 Å². The van der Waals surface area contributed by atoms with Gasteiger partial charge in [0, 0.05) is 48.3 Å². The van der Waals surface area contributed by atoms with E-state index in [9.17, 15) is 4.79 Å². The van der Waals surface area contributed by atoms with Crippen LogP contribution in [0.5, 0.6) is 0 Å². The number of hydrogen-bond acceptors (Lipinski definition) is 4. The van der Waals surface area contributed by atoms with Gasteiger partial charge >= 0.3 is 0 Å². The second-order valence-electron chi connectivity index (χ2n) is 6.55. The number of piperazine rings is 1. The molecule has 0 unspecified atom stereocenters. The number of nitrogens with one attached hydrogen (secondary N) is 1. The summed E-state index contributed by atoms with van der Waals surface area (Å²) in [4.78, 5) is 18.2. The van der Waals surface area contributed by atoms with Crippen LogP contribution in [0.2, 0.25) is 4.34 Å². The first-order valence-electron chi connectivity index (χ1n) is 8.64. The van der Waals surface area contributed by atoms with Crippen LogP contribution < -0.4 is 10.2 Å². The summed E-state index contributed by atoms with van der Waals surface area (Å²) in [5.74, 6) is -0.0549. The Morgan fingerprint density at radius 3 is 2.36 bits per heavy atom. The maximum Gasteiger partial charge on any atom is 0.251 e. The van der Waals surface area contributed by atoms with Crippen LogP contribution in [-0.4, -0.2) is 43.0 Å². The van der Waals surface area contributed by atoms with E-state index in [1.807, 2.05) is 36.4 Å². The van der Waals surface area contributed by atoms with Gasteiger partial charge in [-0.1, -0.05) is 11.6 Å². The lowest BCUT2D eigenvalue weighted by Crippen LogP contribution is -2.48. The van der Waals surface area contributed by atoms with E-state index in [2.05, 4.69) is 29.0 Å². The fraction of sp³-hybridized carbons (Fsp3) is 0.421. The van der Waals surface area contributed by atoms with E-state index in [0.717, 1.165) is 35.4 Å². The third-order valence-electron chi connectivity index (χ3n) is 4.59. The predicted molar refractivity (Wildman–Crippen MR) is 106 cm³/mol. The minimum Gasteiger partial charge on any atom is -0.369 e. The summed E-state index contributed by atoms with van der Waals surface area (Å²) >= 11 is 7.40. The molecule has 1 amide bonds. The highest BCUT2D eigenvalue weighted by Gasteiger charge is 2.19. The average Bonchev–Trinajstić information content (AvgIpc) is 3.05. The van der Waals surface area contributed by atoms with Crippen LogP contribution in [0.15, 0.2) is 36.4 Å². The molecule has 25 heavy (non-hydrogen) atoms. The molecule has 1 N–H and O–H groups in total. The zero-order valence-corrected chi connectivity index (χ0v) is 16.2. The van der Waals surface area contributed by atoms with E-state index in [0.29, 0.717) is 18.2 Å². The van der Waals surface area contributed by atoms with Crippen LogP contribution >= 0.6 is 22.9 Å². The predicted octanol–water partition coefficient (Wildman–Crippen LogP) is 3.86. The van der Waals surface area contributed by atoms with Gasteiger partial charge in [0.05, 0.1) is 10.9 Å². The zero-order valence-electron chi connectivity index (χ0n) is 14.7. The summed E-state index contributed by atoms with van der Waals surface area (Å²) in [7, 11) is 0. The van der Waals surface area contributed by atoms with Gasteiger partial charge < -0.3 is 10.2 Å². The molecule has 0 aliphatic carbocycles. The molecular weight excluding hydrogens is 354 g/mol. The lowest BCUT2D eigenvalue weighted by molar-refractivity contribution is 0.0951. The lowest BCUT2D eigenvalue weighted by Gasteiger charge is -2.38. The van der Waals surface area contributed by atoms with Crippen molar-refractivity contribution in [2.45, 2.75) is 26.4 Å². The van der Waals surface area contributed by atoms with Crippen molar-refractivity contribution >= 4 is 34.5 Å². The minimum absolute atomic E-state index is 0.0549. The summed E-state index contributed by atoms with van der Waals surface area (Å²) in [6, 6.07) is 12.3. The van der Waals surface area contributed by atoms with Crippen molar-refractivity contribution in [1.29, 1.82) is 0 Å². The molecule has 0 bridgehead atoms. The number of amides is 1. The van der Waals surface area contributed by atoms with Crippen LogP contribution in [0.25, 0.3) is 0 Å². The van der Waals surface area contributed by atoms with Crippen molar-refractivity contribution in [1.82, 2.24) is 10.2 Å². The highest BCUT2D eigenvalue weighted by Crippen LogP contribution is 2.21. The summed E-state index contributed by atoms with van der Waals surface area (Å²) < 4.78 is 0.742. The van der Waals surface area contributed by atoms with Crippen molar-refractivity contribution in [2.24, 2.45) is 0 Å². The molecule has 1 fully saturated rings. The summed E-state index contributed by atoms with van der Waals surface area (Å²) in [5.41, 5.74) is 1.87. The summed E-state index contributed by atoms with van der Waals surface area (Å²) in [6.07, 6.45) is 0. The molecule has 2 heterocycles. The number of anilines is 1. The number of carbonyl (C=O) groups is 1. The van der Waals surface area contributed by atoms with E-state index in [1.54, 1.807) is 0 Å². The third-order valence-corrected chi connectivity index (χ3v) is 5.82. The molecule has 0 radical (unpaired) electrons. The molecule has 4 nitrogen and oxygen atoms in total. The van der Waals surface area contributed by atoms with Crippen molar-refractivity contribution in [3.8, 4) is 0 Å². The molecule has 0 spiro atoms. The van der Waals surface area contributed by atoms with Gasteiger partial charge in [0.2, 0.25) is 0 Å². The fourth-order valence-corrected chi connectivity index (χ4v) is 4.06. The highest BCUT2D eigenvalue weighted by molar-refractivity contribution is 7.16. The maximum atomic E-state index is 12.3. The minimum atomic E-state index is -0.0549. The van der Waals surface area contributed by atoms with E-state index in [4.69, 9.17) is 11.6 Å². The monoisotopic (exact) mass is 377 g/mol. The quantitative estimate of drug-likeness (QED) is 0.859. The van der Waals surface area contributed by atoms with Gasteiger partial charge in [-0.2, -0.15) is 0 Å². The Bertz CT molecular complexity index is 706. The van der Waals surface area contributed by atoms with Gasteiger partial charge in [-0.3, -0.25) is 9.69 Å². The Morgan fingerprint density at radius 2 is 1.80 bits per heavy atom. The molecule has 2 aromatic rings. The van der Waals surface area contributed by atoms with Gasteiger partial charge in [0.1, 0.15) is 0 Å². The molecule has 1 aliphatic heterocycles. The second-order valence-corrected chi connectivity index (χ2v) is 8.35. The van der Waals surface area contributed by atoms with Crippen molar-refractivity contribution in [3.05, 3.63) is 51.2 Å². The number of nitrogens with zero attached hydrogens (tertiary/aromatic N) is 2. The van der Waals surface area contributed by atoms with Crippen molar-refractivity contribution < 1.29 is 4.79 Å². The van der Waals surface area contributed by atoms with Gasteiger partial charge in [0.15, 0.2) is 0 Å². The van der Waals surface area contributed by atoms with Crippen LogP contribution in [0, 0.1) is 0 Å². The first kappa shape index (κ1) is 18.2. The van der Waals surface area contributed by atoms with Gasteiger partial charge in [-0.05, 0) is 50.2 Å². The second kappa shape index (κ2) is 8.21. The Balaban J connectivity index is 1.54. The maximum absolute atomic E-state index is 12.3. The summed E-state index contributed by atoms with van der Waals surface area (Å²) in [5, 5.41) is 2.94. The molecule has 1 aromatic heterocycles. The van der Waals surface area contributed by atoms with E-state index in [1.165, 1.54) is 17.0 Å². The molecule has 3 rings (SSSR count). The van der Waals surface area contributed by atoms with E-state index < -0.39 is 0 Å². The number of benzene rings is 1. The largest absolute Gasteiger partial charge is 0.369 e. The zero-order chi connectivity index (χ0) is 17.8. The van der Waals surface area contributed by atoms with Crippen molar-refractivity contribution in [2.75, 3.05) is 31.1 Å². The lowest BCUT2D eigenvalue weighted by atomic mass is 10.1. The number of thiophene rings is 1. The fourth-order valence-electron chi connectivity index (χ4n) is 3.04. The molecule has 6 heteroatoms. The Morgan fingerprint density at radius 1 is 1.12 bits per heavy atom. The number of rotatable bonds is 5. The first-order valence-corrected chi connectivity index (χ1v) is 9.84. The van der Waals surface area contributed by atoms with Crippen LogP contribution in [-0.2, 0) is 6.54 Å². The molecule has 0 saturated carbocycles. The SMILES string of the molecule is CC(C)N1CCN(c2ccc(C(=O)NCc3ccc(Cl)s3)cc2)CC1. The van der Waals surface area contributed by atoms with Crippen LogP contribution in [0.4, 0.5) is 5.69 Å². The number of hydrogen-bond donors (Lipinski definition) is 1.